The maximum absolute atomic E-state index is 14.2. The number of aromatic nitrogens is 1. The van der Waals surface area contributed by atoms with Gasteiger partial charge in [0.2, 0.25) is 0 Å². The molecule has 2 N–H and O–H groups in total. The first-order valence-corrected chi connectivity index (χ1v) is 7.88. The van der Waals surface area contributed by atoms with Crippen LogP contribution in [0.1, 0.15) is 29.3 Å². The lowest BCUT2D eigenvalue weighted by Gasteiger charge is -2.08. The zero-order valence-corrected chi connectivity index (χ0v) is 12.5. The van der Waals surface area contributed by atoms with Gasteiger partial charge in [-0.15, -0.1) is 11.3 Å². The van der Waals surface area contributed by atoms with Crippen LogP contribution in [0.5, 0.6) is 0 Å². The molecule has 3 nitrogen and oxygen atoms in total. The number of nitrogens with zero attached hydrogens (tertiary/aromatic N) is 2. The largest absolute Gasteiger partial charge is 0.396 e. The molecule has 0 amide bonds. The Balaban J connectivity index is 2.09. The van der Waals surface area contributed by atoms with E-state index in [1.165, 1.54) is 17.4 Å². The van der Waals surface area contributed by atoms with Gasteiger partial charge in [-0.25, -0.2) is 9.37 Å². The van der Waals surface area contributed by atoms with E-state index < -0.39 is 0 Å². The van der Waals surface area contributed by atoms with Crippen molar-refractivity contribution in [3.63, 3.8) is 0 Å². The van der Waals surface area contributed by atoms with E-state index >= 15 is 0 Å². The van der Waals surface area contributed by atoms with Crippen molar-refractivity contribution in [2.75, 3.05) is 5.73 Å². The molecule has 0 spiro atoms. The fraction of sp³-hybridized carbons (Fsp3) is 0.176. The van der Waals surface area contributed by atoms with Gasteiger partial charge in [-0.3, -0.25) is 0 Å². The average molecular weight is 309 g/mol. The van der Waals surface area contributed by atoms with Crippen molar-refractivity contribution in [3.05, 3.63) is 46.7 Å². The lowest BCUT2D eigenvalue weighted by Crippen LogP contribution is -1.94. The van der Waals surface area contributed by atoms with Crippen molar-refractivity contribution < 1.29 is 4.39 Å². The third-order valence-corrected chi connectivity index (χ3v) is 4.98. The molecule has 1 saturated carbocycles. The molecule has 4 rings (SSSR count). The summed E-state index contributed by atoms with van der Waals surface area (Å²) >= 11 is 1.28. The Morgan fingerprint density at radius 2 is 2.05 bits per heavy atom. The summed E-state index contributed by atoms with van der Waals surface area (Å²) in [5.41, 5.74) is 8.71. The maximum atomic E-state index is 14.2. The fourth-order valence-electron chi connectivity index (χ4n) is 2.70. The Labute approximate surface area is 130 Å². The summed E-state index contributed by atoms with van der Waals surface area (Å²) in [6.07, 6.45) is 2.22. The Bertz CT molecular complexity index is 935. The van der Waals surface area contributed by atoms with E-state index in [0.717, 1.165) is 28.9 Å². The lowest BCUT2D eigenvalue weighted by molar-refractivity contribution is 0.631. The van der Waals surface area contributed by atoms with E-state index in [0.29, 0.717) is 27.4 Å². The number of anilines is 1. The average Bonchev–Trinajstić information content (AvgIpc) is 3.32. The summed E-state index contributed by atoms with van der Waals surface area (Å²) in [6.45, 7) is 0. The molecule has 0 bridgehead atoms. The second kappa shape index (κ2) is 4.79. The van der Waals surface area contributed by atoms with Crippen LogP contribution in [0.2, 0.25) is 0 Å². The number of hydrogen-bond donors (Lipinski definition) is 1. The number of nitrogen functional groups attached to an aromatic ring is 1. The van der Waals surface area contributed by atoms with Gasteiger partial charge >= 0.3 is 0 Å². The first-order valence-electron chi connectivity index (χ1n) is 7.07. The molecule has 0 radical (unpaired) electrons. The minimum atomic E-state index is -0.291. The zero-order valence-electron chi connectivity index (χ0n) is 11.6. The SMILES string of the molecule is N#Cc1sc2nc(C3CC3)cc(-c3ccccc3F)c2c1N. The standard InChI is InChI=1S/C17H12FN3S/c18-12-4-2-1-3-10(12)11-7-13(9-5-6-9)21-17-15(11)16(20)14(8-19)22-17/h1-4,7,9H,5-6,20H2. The second-order valence-corrected chi connectivity index (χ2v) is 6.48. The Morgan fingerprint density at radius 1 is 1.27 bits per heavy atom. The Hall–Kier alpha value is -2.45. The van der Waals surface area contributed by atoms with Gasteiger partial charge in [-0.2, -0.15) is 5.26 Å². The van der Waals surface area contributed by atoms with E-state index in [9.17, 15) is 9.65 Å². The van der Waals surface area contributed by atoms with E-state index in [2.05, 4.69) is 11.1 Å². The minimum Gasteiger partial charge on any atom is -0.396 e. The first-order chi connectivity index (χ1) is 10.7. The highest BCUT2D eigenvalue weighted by Crippen LogP contribution is 2.45. The van der Waals surface area contributed by atoms with Crippen LogP contribution in [0.15, 0.2) is 30.3 Å². The van der Waals surface area contributed by atoms with Crippen molar-refractivity contribution in [2.45, 2.75) is 18.8 Å². The van der Waals surface area contributed by atoms with Gasteiger partial charge in [0.25, 0.3) is 0 Å². The van der Waals surface area contributed by atoms with Crippen LogP contribution in [0, 0.1) is 17.1 Å². The number of halogens is 1. The topological polar surface area (TPSA) is 62.7 Å². The molecule has 2 heterocycles. The van der Waals surface area contributed by atoms with Crippen molar-refractivity contribution >= 4 is 27.2 Å². The number of fused-ring (bicyclic) bond motifs is 1. The van der Waals surface area contributed by atoms with Crippen LogP contribution in [0.3, 0.4) is 0 Å². The molecule has 1 aliphatic carbocycles. The van der Waals surface area contributed by atoms with Crippen molar-refractivity contribution in [3.8, 4) is 17.2 Å². The molecule has 22 heavy (non-hydrogen) atoms. The molecule has 108 valence electrons. The fourth-order valence-corrected chi connectivity index (χ4v) is 3.63. The van der Waals surface area contributed by atoms with Gasteiger partial charge in [0.15, 0.2) is 0 Å². The normalized spacial score (nSPS) is 14.2. The summed E-state index contributed by atoms with van der Waals surface area (Å²) in [5.74, 6) is 0.157. The molecular weight excluding hydrogens is 297 g/mol. The van der Waals surface area contributed by atoms with Crippen LogP contribution in [0.4, 0.5) is 10.1 Å². The highest BCUT2D eigenvalue weighted by molar-refractivity contribution is 7.20. The lowest BCUT2D eigenvalue weighted by atomic mass is 10.00. The van der Waals surface area contributed by atoms with Crippen molar-refractivity contribution in [1.82, 2.24) is 4.98 Å². The molecule has 0 saturated heterocycles. The summed E-state index contributed by atoms with van der Waals surface area (Å²) in [5, 5.41) is 9.90. The first kappa shape index (κ1) is 13.2. The number of benzene rings is 1. The number of nitrogens with two attached hydrogens (primary N) is 1. The van der Waals surface area contributed by atoms with E-state index in [4.69, 9.17) is 5.73 Å². The molecule has 1 fully saturated rings. The van der Waals surface area contributed by atoms with Gasteiger partial charge in [0.1, 0.15) is 21.6 Å². The molecule has 0 aliphatic heterocycles. The number of pyridine rings is 1. The number of nitriles is 1. The van der Waals surface area contributed by atoms with Crippen LogP contribution in [-0.2, 0) is 0 Å². The minimum absolute atomic E-state index is 0.291. The molecular formula is C17H12FN3S. The summed E-state index contributed by atoms with van der Waals surface area (Å²) in [6, 6.07) is 10.7. The predicted molar refractivity (Wildman–Crippen MR) is 86.1 cm³/mol. The van der Waals surface area contributed by atoms with E-state index in [1.807, 2.05) is 6.07 Å². The summed E-state index contributed by atoms with van der Waals surface area (Å²) in [7, 11) is 0. The molecule has 1 aliphatic rings. The van der Waals surface area contributed by atoms with Crippen LogP contribution >= 0.6 is 11.3 Å². The van der Waals surface area contributed by atoms with Gasteiger partial charge in [0.05, 0.1) is 5.69 Å². The molecule has 2 aromatic heterocycles. The summed E-state index contributed by atoms with van der Waals surface area (Å²) in [4.78, 5) is 5.80. The zero-order chi connectivity index (χ0) is 15.3. The van der Waals surface area contributed by atoms with Crippen molar-refractivity contribution in [2.24, 2.45) is 0 Å². The highest BCUT2D eigenvalue weighted by Gasteiger charge is 2.28. The Morgan fingerprint density at radius 3 is 2.73 bits per heavy atom. The maximum Gasteiger partial charge on any atom is 0.131 e. The molecule has 1 aromatic carbocycles. The number of hydrogen-bond acceptors (Lipinski definition) is 4. The molecule has 5 heteroatoms. The summed E-state index contributed by atoms with van der Waals surface area (Å²) < 4.78 is 14.2. The van der Waals surface area contributed by atoms with Crippen LogP contribution in [-0.4, -0.2) is 4.98 Å². The second-order valence-electron chi connectivity index (χ2n) is 5.49. The van der Waals surface area contributed by atoms with Crippen LogP contribution in [0.25, 0.3) is 21.3 Å². The highest BCUT2D eigenvalue weighted by atomic mass is 32.1. The number of thiophene rings is 1. The predicted octanol–water partition coefficient (Wildman–Crippen LogP) is 4.43. The molecule has 0 atom stereocenters. The smallest absolute Gasteiger partial charge is 0.131 e. The quantitative estimate of drug-likeness (QED) is 0.761. The third-order valence-electron chi connectivity index (χ3n) is 3.98. The van der Waals surface area contributed by atoms with Gasteiger partial charge in [-0.1, -0.05) is 18.2 Å². The third kappa shape index (κ3) is 1.96. The monoisotopic (exact) mass is 309 g/mol. The van der Waals surface area contributed by atoms with Crippen LogP contribution < -0.4 is 5.73 Å². The van der Waals surface area contributed by atoms with Gasteiger partial charge in [0, 0.05) is 22.6 Å². The van der Waals surface area contributed by atoms with Crippen molar-refractivity contribution in [1.29, 1.82) is 5.26 Å². The molecule has 3 aromatic rings. The van der Waals surface area contributed by atoms with Gasteiger partial charge < -0.3 is 5.73 Å². The van der Waals surface area contributed by atoms with Gasteiger partial charge in [-0.05, 0) is 30.5 Å². The Kier molecular flexibility index (Phi) is 2.88. The van der Waals surface area contributed by atoms with E-state index in [1.54, 1.807) is 18.2 Å². The number of rotatable bonds is 2. The molecule has 0 unspecified atom stereocenters. The van der Waals surface area contributed by atoms with E-state index in [-0.39, 0.29) is 5.82 Å².